The highest BCUT2D eigenvalue weighted by Crippen LogP contribution is 2.09. The summed E-state index contributed by atoms with van der Waals surface area (Å²) >= 11 is 1.41. The van der Waals surface area contributed by atoms with Gasteiger partial charge in [0.05, 0.1) is 6.42 Å². The Hall–Kier alpha value is -1.43. The van der Waals surface area contributed by atoms with Crippen LogP contribution in [0.25, 0.3) is 0 Å². The lowest BCUT2D eigenvalue weighted by Gasteiger charge is -2.12. The minimum Gasteiger partial charge on any atom is -0.480 e. The fourth-order valence-electron chi connectivity index (χ4n) is 1.41. The van der Waals surface area contributed by atoms with Crippen LogP contribution in [0.15, 0.2) is 5.38 Å². The molecule has 94 valence electrons. The van der Waals surface area contributed by atoms with Gasteiger partial charge in [-0.2, -0.15) is 0 Å². The second-order valence-electron chi connectivity index (χ2n) is 3.81. The third kappa shape index (κ3) is 4.52. The lowest BCUT2D eigenvalue weighted by atomic mass is 10.1. The molecule has 0 bridgehead atoms. The predicted molar refractivity (Wildman–Crippen MR) is 65.0 cm³/mol. The van der Waals surface area contributed by atoms with Crippen LogP contribution in [0.1, 0.15) is 30.5 Å². The van der Waals surface area contributed by atoms with Crippen molar-refractivity contribution in [2.75, 3.05) is 0 Å². The number of aliphatic carboxylic acids is 1. The molecule has 0 saturated heterocycles. The summed E-state index contributed by atoms with van der Waals surface area (Å²) in [5.41, 5.74) is 0.876. The van der Waals surface area contributed by atoms with E-state index in [-0.39, 0.29) is 12.3 Å². The van der Waals surface area contributed by atoms with Gasteiger partial charge in [-0.25, -0.2) is 9.78 Å². The lowest BCUT2D eigenvalue weighted by Crippen LogP contribution is -2.41. The molecule has 0 radical (unpaired) electrons. The number of hydrogen-bond donors (Lipinski definition) is 2. The molecule has 1 aromatic rings. The quantitative estimate of drug-likeness (QED) is 0.805. The Morgan fingerprint density at radius 2 is 2.29 bits per heavy atom. The first-order valence-electron chi connectivity index (χ1n) is 5.46. The van der Waals surface area contributed by atoms with Crippen molar-refractivity contribution in [1.29, 1.82) is 0 Å². The van der Waals surface area contributed by atoms with Crippen LogP contribution in [-0.4, -0.2) is 28.0 Å². The SMILES string of the molecule is CCCC(NC(=O)Cc1nc(C)cs1)C(=O)O. The van der Waals surface area contributed by atoms with Crippen molar-refractivity contribution in [3.63, 3.8) is 0 Å². The molecule has 0 aliphatic heterocycles. The van der Waals surface area contributed by atoms with Crippen LogP contribution in [0, 0.1) is 6.92 Å². The van der Waals surface area contributed by atoms with E-state index >= 15 is 0 Å². The van der Waals surface area contributed by atoms with Gasteiger partial charge in [0.2, 0.25) is 5.91 Å². The molecule has 5 nitrogen and oxygen atoms in total. The molecule has 1 aromatic heterocycles. The third-order valence-corrected chi connectivity index (χ3v) is 3.16. The van der Waals surface area contributed by atoms with E-state index in [0.29, 0.717) is 17.8 Å². The Balaban J connectivity index is 2.50. The van der Waals surface area contributed by atoms with Gasteiger partial charge in [0.25, 0.3) is 0 Å². The molecule has 0 fully saturated rings. The van der Waals surface area contributed by atoms with Crippen LogP contribution in [0.2, 0.25) is 0 Å². The molecule has 1 rings (SSSR count). The average molecular weight is 256 g/mol. The van der Waals surface area contributed by atoms with Gasteiger partial charge < -0.3 is 10.4 Å². The Bertz CT molecular complexity index is 403. The second kappa shape index (κ2) is 6.34. The number of amides is 1. The number of hydrogen-bond acceptors (Lipinski definition) is 4. The monoisotopic (exact) mass is 256 g/mol. The fourth-order valence-corrected chi connectivity index (χ4v) is 2.18. The molecule has 0 saturated carbocycles. The summed E-state index contributed by atoms with van der Waals surface area (Å²) < 4.78 is 0. The summed E-state index contributed by atoms with van der Waals surface area (Å²) in [6.45, 7) is 3.74. The highest BCUT2D eigenvalue weighted by Gasteiger charge is 2.19. The number of aryl methyl sites for hydroxylation is 1. The van der Waals surface area contributed by atoms with Gasteiger partial charge >= 0.3 is 5.97 Å². The molecular weight excluding hydrogens is 240 g/mol. The molecule has 6 heteroatoms. The van der Waals surface area contributed by atoms with E-state index in [4.69, 9.17) is 5.11 Å². The molecule has 17 heavy (non-hydrogen) atoms. The van der Waals surface area contributed by atoms with Crippen LogP contribution in [0.3, 0.4) is 0 Å². The zero-order chi connectivity index (χ0) is 12.8. The summed E-state index contributed by atoms with van der Waals surface area (Å²) in [7, 11) is 0. The van der Waals surface area contributed by atoms with E-state index in [1.165, 1.54) is 11.3 Å². The van der Waals surface area contributed by atoms with E-state index in [9.17, 15) is 9.59 Å². The Labute approximate surface area is 104 Å². The summed E-state index contributed by atoms with van der Waals surface area (Å²) in [6, 6.07) is -0.798. The predicted octanol–water partition coefficient (Wildman–Crippen LogP) is 1.36. The number of nitrogens with zero attached hydrogens (tertiary/aromatic N) is 1. The highest BCUT2D eigenvalue weighted by molar-refractivity contribution is 7.09. The first-order chi connectivity index (χ1) is 8.02. The smallest absolute Gasteiger partial charge is 0.326 e. The van der Waals surface area contributed by atoms with Crippen LogP contribution in [0.5, 0.6) is 0 Å². The van der Waals surface area contributed by atoms with Gasteiger partial charge in [0.15, 0.2) is 0 Å². The standard InChI is InChI=1S/C11H16N2O3S/c1-3-4-8(11(15)16)13-9(14)5-10-12-7(2)6-17-10/h6,8H,3-5H2,1-2H3,(H,13,14)(H,15,16). The van der Waals surface area contributed by atoms with E-state index in [0.717, 1.165) is 5.69 Å². The number of nitrogens with one attached hydrogen (secondary N) is 1. The van der Waals surface area contributed by atoms with Crippen molar-refractivity contribution in [1.82, 2.24) is 10.3 Å². The Morgan fingerprint density at radius 1 is 1.59 bits per heavy atom. The number of carboxylic acids is 1. The Morgan fingerprint density at radius 3 is 2.76 bits per heavy atom. The van der Waals surface area contributed by atoms with Crippen molar-refractivity contribution in [2.24, 2.45) is 0 Å². The molecule has 2 N–H and O–H groups in total. The average Bonchev–Trinajstić information content (AvgIpc) is 2.63. The lowest BCUT2D eigenvalue weighted by molar-refractivity contribution is -0.141. The number of rotatable bonds is 6. The maximum Gasteiger partial charge on any atom is 0.326 e. The summed E-state index contributed by atoms with van der Waals surface area (Å²) in [6.07, 6.45) is 1.30. The van der Waals surface area contributed by atoms with Gasteiger partial charge in [-0.15, -0.1) is 11.3 Å². The van der Waals surface area contributed by atoms with Gasteiger partial charge in [-0.1, -0.05) is 13.3 Å². The van der Waals surface area contributed by atoms with Gasteiger partial charge in [0.1, 0.15) is 11.0 Å². The molecule has 1 unspecified atom stereocenters. The van der Waals surface area contributed by atoms with Crippen molar-refractivity contribution >= 4 is 23.2 Å². The van der Waals surface area contributed by atoms with E-state index < -0.39 is 12.0 Å². The van der Waals surface area contributed by atoms with E-state index in [2.05, 4.69) is 10.3 Å². The summed E-state index contributed by atoms with van der Waals surface area (Å²) in [5.74, 6) is -1.28. The molecule has 1 amide bonds. The molecular formula is C11H16N2O3S. The zero-order valence-electron chi connectivity index (χ0n) is 9.90. The summed E-state index contributed by atoms with van der Waals surface area (Å²) in [5, 5.41) is 14.0. The van der Waals surface area contributed by atoms with Gasteiger partial charge in [-0.05, 0) is 13.3 Å². The molecule has 0 aromatic carbocycles. The number of carbonyl (C=O) groups is 2. The molecule has 0 spiro atoms. The zero-order valence-corrected chi connectivity index (χ0v) is 10.7. The topological polar surface area (TPSA) is 79.3 Å². The third-order valence-electron chi connectivity index (χ3n) is 2.19. The minimum atomic E-state index is -0.990. The molecule has 1 heterocycles. The highest BCUT2D eigenvalue weighted by atomic mass is 32.1. The maximum absolute atomic E-state index is 11.6. The molecule has 1 atom stereocenters. The Kier molecular flexibility index (Phi) is 5.09. The minimum absolute atomic E-state index is 0.145. The van der Waals surface area contributed by atoms with Gasteiger partial charge in [-0.3, -0.25) is 4.79 Å². The number of carboxylic acid groups (broad SMARTS) is 1. The first kappa shape index (κ1) is 13.6. The number of aromatic nitrogens is 1. The number of thiazole rings is 1. The van der Waals surface area contributed by atoms with Crippen LogP contribution >= 0.6 is 11.3 Å². The fraction of sp³-hybridized carbons (Fsp3) is 0.545. The van der Waals surface area contributed by atoms with Gasteiger partial charge in [0, 0.05) is 11.1 Å². The normalized spacial score (nSPS) is 12.1. The van der Waals surface area contributed by atoms with Crippen molar-refractivity contribution < 1.29 is 14.7 Å². The van der Waals surface area contributed by atoms with Crippen molar-refractivity contribution in [3.05, 3.63) is 16.1 Å². The number of carbonyl (C=O) groups excluding carboxylic acids is 1. The van der Waals surface area contributed by atoms with Crippen LogP contribution in [-0.2, 0) is 16.0 Å². The van der Waals surface area contributed by atoms with E-state index in [1.807, 2.05) is 19.2 Å². The maximum atomic E-state index is 11.6. The first-order valence-corrected chi connectivity index (χ1v) is 6.34. The van der Waals surface area contributed by atoms with Crippen molar-refractivity contribution in [3.8, 4) is 0 Å². The largest absolute Gasteiger partial charge is 0.480 e. The van der Waals surface area contributed by atoms with Crippen molar-refractivity contribution in [2.45, 2.75) is 39.2 Å². The molecule has 0 aliphatic rings. The second-order valence-corrected chi connectivity index (χ2v) is 4.75. The van der Waals surface area contributed by atoms with E-state index in [1.54, 1.807) is 0 Å². The van der Waals surface area contributed by atoms with Crippen LogP contribution < -0.4 is 5.32 Å². The van der Waals surface area contributed by atoms with Crippen LogP contribution in [0.4, 0.5) is 0 Å². The molecule has 0 aliphatic carbocycles. The summed E-state index contributed by atoms with van der Waals surface area (Å²) in [4.78, 5) is 26.6.